The molecule has 0 radical (unpaired) electrons. The Hall–Kier alpha value is -2.24. The molecule has 0 spiro atoms. The summed E-state index contributed by atoms with van der Waals surface area (Å²) in [4.78, 5) is 9.44. The lowest BCUT2D eigenvalue weighted by Gasteiger charge is -2.12. The molecule has 2 aromatic carbocycles. The normalized spacial score (nSPS) is 9.76. The van der Waals surface area contributed by atoms with E-state index in [9.17, 15) is 0 Å². The average Bonchev–Trinajstić information content (AvgIpc) is 2.39. The third kappa shape index (κ3) is 2.47. The summed E-state index contributed by atoms with van der Waals surface area (Å²) in [7, 11) is 0. The van der Waals surface area contributed by atoms with E-state index < -0.39 is 0 Å². The van der Waals surface area contributed by atoms with Crippen LogP contribution in [0.5, 0.6) is 11.5 Å². The Bertz CT molecular complexity index is 488. The minimum atomic E-state index is 0.360. The molecule has 0 atom stereocenters. The van der Waals surface area contributed by atoms with Gasteiger partial charge < -0.3 is 15.0 Å². The predicted octanol–water partition coefficient (Wildman–Crippen LogP) is 1.94. The SMILES string of the molecule is NOc1cccc(Nc2ccccc2)c1ON. The minimum absolute atomic E-state index is 0.360. The molecule has 0 fully saturated rings. The van der Waals surface area contributed by atoms with Crippen LogP contribution in [0.15, 0.2) is 48.5 Å². The van der Waals surface area contributed by atoms with Crippen LogP contribution in [-0.2, 0) is 0 Å². The first-order chi connectivity index (χ1) is 8.35. The number of hydrogen-bond acceptors (Lipinski definition) is 5. The molecule has 0 unspecified atom stereocenters. The van der Waals surface area contributed by atoms with E-state index in [0.29, 0.717) is 17.2 Å². The molecule has 0 aliphatic rings. The van der Waals surface area contributed by atoms with Crippen LogP contribution in [0.4, 0.5) is 11.4 Å². The van der Waals surface area contributed by atoms with Crippen LogP contribution in [0.25, 0.3) is 0 Å². The van der Waals surface area contributed by atoms with Crippen molar-refractivity contribution in [3.63, 3.8) is 0 Å². The zero-order valence-electron chi connectivity index (χ0n) is 9.09. The zero-order chi connectivity index (χ0) is 12.1. The summed E-state index contributed by atoms with van der Waals surface area (Å²) in [5, 5.41) is 3.16. The molecule has 0 amide bonds. The van der Waals surface area contributed by atoms with Gasteiger partial charge in [0.05, 0.1) is 5.69 Å². The lowest BCUT2D eigenvalue weighted by molar-refractivity contribution is 0.282. The Morgan fingerprint density at radius 3 is 2.24 bits per heavy atom. The van der Waals surface area contributed by atoms with E-state index in [0.717, 1.165) is 5.69 Å². The number of anilines is 2. The third-order valence-corrected chi connectivity index (χ3v) is 2.28. The Morgan fingerprint density at radius 1 is 0.824 bits per heavy atom. The standard InChI is InChI=1S/C12H13N3O2/c13-16-11-8-4-7-10(12(11)17-14)15-9-5-2-1-3-6-9/h1-8,15H,13-14H2. The van der Waals surface area contributed by atoms with Crippen LogP contribution in [0.3, 0.4) is 0 Å². The quantitative estimate of drug-likeness (QED) is 0.700. The van der Waals surface area contributed by atoms with Crippen LogP contribution >= 0.6 is 0 Å². The molecule has 5 nitrogen and oxygen atoms in total. The molecule has 88 valence electrons. The minimum Gasteiger partial charge on any atom is -0.407 e. The largest absolute Gasteiger partial charge is 0.407 e. The van der Waals surface area contributed by atoms with Crippen molar-refractivity contribution in [2.24, 2.45) is 11.8 Å². The highest BCUT2D eigenvalue weighted by Gasteiger charge is 2.10. The van der Waals surface area contributed by atoms with E-state index in [1.165, 1.54) is 0 Å². The summed E-state index contributed by atoms with van der Waals surface area (Å²) in [6, 6.07) is 14.9. The molecular formula is C12H13N3O2. The fourth-order valence-electron chi connectivity index (χ4n) is 1.51. The molecule has 2 rings (SSSR count). The van der Waals surface area contributed by atoms with E-state index in [1.54, 1.807) is 12.1 Å². The van der Waals surface area contributed by atoms with Gasteiger partial charge in [0.15, 0.2) is 5.75 Å². The van der Waals surface area contributed by atoms with Gasteiger partial charge in [-0.05, 0) is 24.3 Å². The predicted molar refractivity (Wildman–Crippen MR) is 65.8 cm³/mol. The fourth-order valence-corrected chi connectivity index (χ4v) is 1.51. The fraction of sp³-hybridized carbons (Fsp3) is 0. The van der Waals surface area contributed by atoms with Gasteiger partial charge in [-0.15, -0.1) is 0 Å². The molecule has 17 heavy (non-hydrogen) atoms. The van der Waals surface area contributed by atoms with E-state index in [2.05, 4.69) is 10.2 Å². The Balaban J connectivity index is 2.33. The highest BCUT2D eigenvalue weighted by atomic mass is 16.7. The van der Waals surface area contributed by atoms with E-state index in [-0.39, 0.29) is 0 Å². The number of benzene rings is 2. The first-order valence-electron chi connectivity index (χ1n) is 5.03. The van der Waals surface area contributed by atoms with Gasteiger partial charge in [0.1, 0.15) is 0 Å². The van der Waals surface area contributed by atoms with Crippen molar-refractivity contribution in [3.05, 3.63) is 48.5 Å². The highest BCUT2D eigenvalue weighted by molar-refractivity contribution is 5.69. The second kappa shape index (κ2) is 5.20. The number of rotatable bonds is 4. The lowest BCUT2D eigenvalue weighted by Crippen LogP contribution is -2.09. The molecule has 0 aliphatic heterocycles. The number of nitrogens with one attached hydrogen (secondary N) is 1. The van der Waals surface area contributed by atoms with Gasteiger partial charge in [0.25, 0.3) is 0 Å². The molecule has 0 saturated heterocycles. The van der Waals surface area contributed by atoms with E-state index >= 15 is 0 Å². The summed E-state index contributed by atoms with van der Waals surface area (Å²) >= 11 is 0. The molecule has 0 aromatic heterocycles. The Morgan fingerprint density at radius 2 is 1.59 bits per heavy atom. The first-order valence-corrected chi connectivity index (χ1v) is 5.03. The smallest absolute Gasteiger partial charge is 0.214 e. The van der Waals surface area contributed by atoms with Crippen molar-refractivity contribution >= 4 is 11.4 Å². The molecule has 5 heteroatoms. The van der Waals surface area contributed by atoms with Crippen LogP contribution in [0, 0.1) is 0 Å². The second-order valence-corrected chi connectivity index (χ2v) is 3.36. The summed E-state index contributed by atoms with van der Waals surface area (Å²) in [5.74, 6) is 11.1. The Kier molecular flexibility index (Phi) is 3.44. The summed E-state index contributed by atoms with van der Waals surface area (Å²) in [5.41, 5.74) is 1.60. The zero-order valence-corrected chi connectivity index (χ0v) is 9.09. The lowest BCUT2D eigenvalue weighted by atomic mass is 10.2. The highest BCUT2D eigenvalue weighted by Crippen LogP contribution is 2.35. The van der Waals surface area contributed by atoms with Crippen LogP contribution < -0.4 is 26.8 Å². The van der Waals surface area contributed by atoms with Crippen molar-refractivity contribution in [1.29, 1.82) is 0 Å². The summed E-state index contributed by atoms with van der Waals surface area (Å²) in [6.07, 6.45) is 0. The number of para-hydroxylation sites is 2. The van der Waals surface area contributed by atoms with Crippen molar-refractivity contribution in [2.45, 2.75) is 0 Å². The van der Waals surface area contributed by atoms with Crippen LogP contribution in [0.1, 0.15) is 0 Å². The van der Waals surface area contributed by atoms with Gasteiger partial charge in [-0.3, -0.25) is 0 Å². The van der Waals surface area contributed by atoms with Gasteiger partial charge in [0, 0.05) is 5.69 Å². The molecule has 2 aromatic rings. The number of hydrogen-bond donors (Lipinski definition) is 3. The summed E-state index contributed by atoms with van der Waals surface area (Å²) in [6.45, 7) is 0. The molecule has 0 aliphatic carbocycles. The van der Waals surface area contributed by atoms with Gasteiger partial charge >= 0.3 is 0 Å². The van der Waals surface area contributed by atoms with Crippen molar-refractivity contribution in [3.8, 4) is 11.5 Å². The maximum Gasteiger partial charge on any atom is 0.214 e. The second-order valence-electron chi connectivity index (χ2n) is 3.36. The maximum absolute atomic E-state index is 5.21. The van der Waals surface area contributed by atoms with E-state index in [4.69, 9.17) is 16.6 Å². The van der Waals surface area contributed by atoms with Crippen LogP contribution in [0.2, 0.25) is 0 Å². The Labute approximate surface area is 98.9 Å². The van der Waals surface area contributed by atoms with Gasteiger partial charge in [0.2, 0.25) is 5.75 Å². The maximum atomic E-state index is 5.21. The molecular weight excluding hydrogens is 218 g/mol. The molecule has 0 saturated carbocycles. The summed E-state index contributed by atoms with van der Waals surface area (Å²) < 4.78 is 0. The van der Waals surface area contributed by atoms with Crippen LogP contribution in [-0.4, -0.2) is 0 Å². The van der Waals surface area contributed by atoms with Crippen molar-refractivity contribution in [2.75, 3.05) is 5.32 Å². The van der Waals surface area contributed by atoms with Gasteiger partial charge in [-0.1, -0.05) is 24.3 Å². The molecule has 0 bridgehead atoms. The van der Waals surface area contributed by atoms with E-state index in [1.807, 2.05) is 36.4 Å². The topological polar surface area (TPSA) is 82.5 Å². The van der Waals surface area contributed by atoms with Crippen molar-refractivity contribution < 1.29 is 9.68 Å². The first kappa shape index (κ1) is 11.3. The van der Waals surface area contributed by atoms with Crippen molar-refractivity contribution in [1.82, 2.24) is 0 Å². The number of nitrogens with two attached hydrogens (primary N) is 2. The monoisotopic (exact) mass is 231 g/mol. The molecule has 5 N–H and O–H groups in total. The third-order valence-electron chi connectivity index (χ3n) is 2.28. The average molecular weight is 231 g/mol. The van der Waals surface area contributed by atoms with Gasteiger partial charge in [-0.2, -0.15) is 11.8 Å². The molecule has 0 heterocycles. The van der Waals surface area contributed by atoms with Gasteiger partial charge in [-0.25, -0.2) is 0 Å².